The predicted molar refractivity (Wildman–Crippen MR) is 107 cm³/mol. The number of hydrogen-bond donors (Lipinski definition) is 1. The van der Waals surface area contributed by atoms with Crippen LogP contribution in [-0.2, 0) is 0 Å². The Morgan fingerprint density at radius 1 is 1.00 bits per heavy atom. The molecule has 3 nitrogen and oxygen atoms in total. The molecule has 138 valence electrons. The third-order valence-corrected chi connectivity index (χ3v) is 5.90. The molecule has 4 aromatic rings. The minimum absolute atomic E-state index is 0.276. The first-order valence-electron chi connectivity index (χ1n) is 8.64. The van der Waals surface area contributed by atoms with Crippen molar-refractivity contribution in [2.24, 2.45) is 0 Å². The van der Waals surface area contributed by atoms with Gasteiger partial charge in [-0.2, -0.15) is 0 Å². The van der Waals surface area contributed by atoms with Crippen LogP contribution in [0.25, 0.3) is 16.2 Å². The smallest absolute Gasteiger partial charge is 0.196 e. The highest BCUT2D eigenvalue weighted by atomic mass is 32.1. The third-order valence-electron chi connectivity index (χ3n) is 4.85. The number of halogens is 2. The topological polar surface area (TPSA) is 29.3 Å². The molecular formula is C21H19F2N3S. The molecule has 0 spiro atoms. The average Bonchev–Trinajstić information content (AvgIpc) is 3.08. The summed E-state index contributed by atoms with van der Waals surface area (Å²) >= 11 is 1.55. The van der Waals surface area contributed by atoms with Crippen molar-refractivity contribution in [3.8, 4) is 11.3 Å². The largest absolute Gasteiger partial charge is 0.339 e. The molecule has 0 aliphatic carbocycles. The zero-order valence-electron chi connectivity index (χ0n) is 15.5. The van der Waals surface area contributed by atoms with E-state index in [1.165, 1.54) is 12.1 Å². The van der Waals surface area contributed by atoms with E-state index in [0.717, 1.165) is 38.4 Å². The number of thiazole rings is 1. The van der Waals surface area contributed by atoms with Gasteiger partial charge in [-0.25, -0.2) is 13.8 Å². The molecule has 27 heavy (non-hydrogen) atoms. The molecule has 0 unspecified atom stereocenters. The summed E-state index contributed by atoms with van der Waals surface area (Å²) in [6.45, 7) is 8.10. The van der Waals surface area contributed by atoms with Crippen LogP contribution in [0.1, 0.15) is 21.7 Å². The lowest BCUT2D eigenvalue weighted by atomic mass is 10.1. The molecule has 2 aromatic carbocycles. The predicted octanol–water partition coefficient (Wildman–Crippen LogP) is 6.32. The maximum atomic E-state index is 14.5. The van der Waals surface area contributed by atoms with E-state index >= 15 is 0 Å². The zero-order valence-corrected chi connectivity index (χ0v) is 16.3. The second kappa shape index (κ2) is 6.46. The van der Waals surface area contributed by atoms with E-state index in [2.05, 4.69) is 10.3 Å². The van der Waals surface area contributed by atoms with E-state index in [4.69, 9.17) is 0 Å². The number of aromatic nitrogens is 2. The number of imidazole rings is 1. The van der Waals surface area contributed by atoms with Gasteiger partial charge in [-0.1, -0.05) is 18.2 Å². The summed E-state index contributed by atoms with van der Waals surface area (Å²) in [6.07, 6.45) is 0. The Morgan fingerprint density at radius 2 is 1.70 bits per heavy atom. The molecule has 0 atom stereocenters. The van der Waals surface area contributed by atoms with Crippen LogP contribution in [0, 0.1) is 39.3 Å². The Hall–Kier alpha value is -2.73. The van der Waals surface area contributed by atoms with Crippen LogP contribution in [0.2, 0.25) is 0 Å². The summed E-state index contributed by atoms with van der Waals surface area (Å²) in [5.41, 5.74) is 4.93. The summed E-state index contributed by atoms with van der Waals surface area (Å²) < 4.78 is 29.9. The molecule has 4 rings (SSSR count). The first kappa shape index (κ1) is 17.7. The molecule has 0 amide bonds. The fourth-order valence-electron chi connectivity index (χ4n) is 3.26. The standard InChI is InChI=1S/C21H19F2N3S/c1-11-6-5-7-12(2)18(11)24-20-19(16-9-8-15(22)10-17(16)23)25-21-26(20)13(3)14(4)27-21/h5-10,24H,1-4H3. The first-order valence-corrected chi connectivity index (χ1v) is 9.45. The van der Waals surface area contributed by atoms with Crippen LogP contribution in [-0.4, -0.2) is 9.38 Å². The van der Waals surface area contributed by atoms with Crippen LogP contribution in [0.3, 0.4) is 0 Å². The Bertz CT molecular complexity index is 1150. The molecule has 0 fully saturated rings. The normalized spacial score (nSPS) is 11.3. The van der Waals surface area contributed by atoms with Crippen molar-refractivity contribution < 1.29 is 8.78 Å². The summed E-state index contributed by atoms with van der Waals surface area (Å²) in [7, 11) is 0. The van der Waals surface area contributed by atoms with Gasteiger partial charge in [0, 0.05) is 27.9 Å². The zero-order chi connectivity index (χ0) is 19.3. The van der Waals surface area contributed by atoms with Gasteiger partial charge in [-0.15, -0.1) is 11.3 Å². The van der Waals surface area contributed by atoms with E-state index in [9.17, 15) is 8.78 Å². The average molecular weight is 383 g/mol. The fourth-order valence-corrected chi connectivity index (χ4v) is 4.23. The number of fused-ring (bicyclic) bond motifs is 1. The molecule has 0 saturated carbocycles. The quantitative estimate of drug-likeness (QED) is 0.449. The monoisotopic (exact) mass is 383 g/mol. The second-order valence-electron chi connectivity index (χ2n) is 6.69. The van der Waals surface area contributed by atoms with Gasteiger partial charge in [0.15, 0.2) is 4.96 Å². The van der Waals surface area contributed by atoms with Gasteiger partial charge in [0.05, 0.1) is 0 Å². The molecule has 2 heterocycles. The van der Waals surface area contributed by atoms with Crippen molar-refractivity contribution in [3.05, 3.63) is 69.7 Å². The second-order valence-corrected chi connectivity index (χ2v) is 7.87. The van der Waals surface area contributed by atoms with Crippen LogP contribution < -0.4 is 5.32 Å². The lowest BCUT2D eigenvalue weighted by Crippen LogP contribution is -2.02. The number of para-hydroxylation sites is 1. The summed E-state index contributed by atoms with van der Waals surface area (Å²) in [5.74, 6) is -0.539. The molecule has 2 aromatic heterocycles. The number of aryl methyl sites for hydroxylation is 4. The van der Waals surface area contributed by atoms with Crippen LogP contribution in [0.15, 0.2) is 36.4 Å². The van der Waals surface area contributed by atoms with Gasteiger partial charge in [0.1, 0.15) is 23.1 Å². The Morgan fingerprint density at radius 3 is 2.37 bits per heavy atom. The molecule has 1 N–H and O–H groups in total. The third kappa shape index (κ3) is 2.90. The molecule has 0 saturated heterocycles. The van der Waals surface area contributed by atoms with E-state index < -0.39 is 11.6 Å². The fraction of sp³-hybridized carbons (Fsp3) is 0.190. The van der Waals surface area contributed by atoms with E-state index in [-0.39, 0.29) is 5.56 Å². The van der Waals surface area contributed by atoms with Gasteiger partial charge < -0.3 is 5.32 Å². The van der Waals surface area contributed by atoms with Crippen LogP contribution in [0.4, 0.5) is 20.3 Å². The van der Waals surface area contributed by atoms with Crippen molar-refractivity contribution in [2.45, 2.75) is 27.7 Å². The molecule has 0 aliphatic rings. The van der Waals surface area contributed by atoms with E-state index in [0.29, 0.717) is 11.5 Å². The Kier molecular flexibility index (Phi) is 4.23. The van der Waals surface area contributed by atoms with Gasteiger partial charge >= 0.3 is 0 Å². The number of rotatable bonds is 3. The molecule has 0 bridgehead atoms. The Balaban J connectivity index is 1.99. The molecular weight excluding hydrogens is 364 g/mol. The maximum Gasteiger partial charge on any atom is 0.196 e. The van der Waals surface area contributed by atoms with Gasteiger partial charge in [-0.3, -0.25) is 4.40 Å². The molecule has 0 aliphatic heterocycles. The highest BCUT2D eigenvalue weighted by Gasteiger charge is 2.22. The van der Waals surface area contributed by atoms with Gasteiger partial charge in [0.25, 0.3) is 0 Å². The molecule has 0 radical (unpaired) electrons. The maximum absolute atomic E-state index is 14.5. The van der Waals surface area contributed by atoms with Crippen molar-refractivity contribution in [2.75, 3.05) is 5.32 Å². The number of hydrogen-bond acceptors (Lipinski definition) is 3. The van der Waals surface area contributed by atoms with Crippen molar-refractivity contribution in [1.29, 1.82) is 0 Å². The Labute approximate surface area is 160 Å². The minimum atomic E-state index is -0.625. The van der Waals surface area contributed by atoms with Crippen LogP contribution in [0.5, 0.6) is 0 Å². The SMILES string of the molecule is Cc1cccc(C)c1Nc1c(-c2ccc(F)cc2F)nc2sc(C)c(C)n12. The highest BCUT2D eigenvalue weighted by molar-refractivity contribution is 7.17. The lowest BCUT2D eigenvalue weighted by molar-refractivity contribution is 0.585. The number of nitrogens with zero attached hydrogens (tertiary/aromatic N) is 2. The minimum Gasteiger partial charge on any atom is -0.339 e. The van der Waals surface area contributed by atoms with Gasteiger partial charge in [-0.05, 0) is 51.0 Å². The van der Waals surface area contributed by atoms with E-state index in [1.807, 2.05) is 50.3 Å². The summed E-state index contributed by atoms with van der Waals surface area (Å²) in [5, 5.41) is 3.47. The summed E-state index contributed by atoms with van der Waals surface area (Å²) in [6, 6.07) is 9.64. The first-order chi connectivity index (χ1) is 12.9. The number of benzene rings is 2. The summed E-state index contributed by atoms with van der Waals surface area (Å²) in [4.78, 5) is 6.59. The number of anilines is 2. The van der Waals surface area contributed by atoms with Crippen molar-refractivity contribution in [3.63, 3.8) is 0 Å². The van der Waals surface area contributed by atoms with Crippen molar-refractivity contribution in [1.82, 2.24) is 9.38 Å². The van der Waals surface area contributed by atoms with Gasteiger partial charge in [0.2, 0.25) is 0 Å². The van der Waals surface area contributed by atoms with Crippen molar-refractivity contribution >= 4 is 27.8 Å². The van der Waals surface area contributed by atoms with E-state index in [1.54, 1.807) is 11.3 Å². The number of nitrogens with one attached hydrogen (secondary N) is 1. The highest BCUT2D eigenvalue weighted by Crippen LogP contribution is 2.38. The molecule has 6 heteroatoms. The lowest BCUT2D eigenvalue weighted by Gasteiger charge is -2.14. The van der Waals surface area contributed by atoms with Crippen LogP contribution >= 0.6 is 11.3 Å².